The number of nitrogens with two attached hydrogens (primary N) is 1. The Labute approximate surface area is 105 Å². The van der Waals surface area contributed by atoms with Crippen molar-refractivity contribution in [1.82, 2.24) is 4.90 Å². The Morgan fingerprint density at radius 1 is 1.50 bits per heavy atom. The SMILES string of the molecule is COC(CN)CN(Cc1ccc(F)cc1)C(=O)O. The molecule has 0 saturated heterocycles. The van der Waals surface area contributed by atoms with Crippen molar-refractivity contribution in [3.05, 3.63) is 35.6 Å². The quantitative estimate of drug-likeness (QED) is 0.804. The molecule has 1 rings (SSSR count). The lowest BCUT2D eigenvalue weighted by atomic mass is 10.2. The van der Waals surface area contributed by atoms with Gasteiger partial charge in [0.2, 0.25) is 0 Å². The molecule has 0 bridgehead atoms. The zero-order valence-corrected chi connectivity index (χ0v) is 10.2. The number of benzene rings is 1. The van der Waals surface area contributed by atoms with Gasteiger partial charge in [0.25, 0.3) is 0 Å². The van der Waals surface area contributed by atoms with Gasteiger partial charge < -0.3 is 20.5 Å². The summed E-state index contributed by atoms with van der Waals surface area (Å²) in [6.45, 7) is 0.596. The predicted molar refractivity (Wildman–Crippen MR) is 64.7 cm³/mol. The highest BCUT2D eigenvalue weighted by molar-refractivity contribution is 5.65. The van der Waals surface area contributed by atoms with Gasteiger partial charge in [-0.1, -0.05) is 12.1 Å². The lowest BCUT2D eigenvalue weighted by Crippen LogP contribution is -2.40. The molecule has 0 fully saturated rings. The van der Waals surface area contributed by atoms with Crippen LogP contribution in [0.3, 0.4) is 0 Å². The highest BCUT2D eigenvalue weighted by Crippen LogP contribution is 2.08. The van der Waals surface area contributed by atoms with Gasteiger partial charge in [-0.3, -0.25) is 0 Å². The van der Waals surface area contributed by atoms with Crippen LogP contribution in [0.5, 0.6) is 0 Å². The number of methoxy groups -OCH3 is 1. The summed E-state index contributed by atoms with van der Waals surface area (Å²) in [5.41, 5.74) is 6.16. The van der Waals surface area contributed by atoms with Crippen molar-refractivity contribution in [3.63, 3.8) is 0 Å². The fourth-order valence-electron chi connectivity index (χ4n) is 1.51. The lowest BCUT2D eigenvalue weighted by Gasteiger charge is -2.23. The van der Waals surface area contributed by atoms with Gasteiger partial charge in [-0.15, -0.1) is 0 Å². The maximum absolute atomic E-state index is 12.7. The van der Waals surface area contributed by atoms with Crippen LogP contribution in [-0.4, -0.2) is 42.4 Å². The molecule has 6 heteroatoms. The third kappa shape index (κ3) is 4.31. The number of carboxylic acid groups (broad SMARTS) is 1. The molecule has 100 valence electrons. The topological polar surface area (TPSA) is 75.8 Å². The van der Waals surface area contributed by atoms with Gasteiger partial charge in [0.15, 0.2) is 0 Å². The lowest BCUT2D eigenvalue weighted by molar-refractivity contribution is 0.0643. The number of rotatable bonds is 6. The van der Waals surface area contributed by atoms with Crippen molar-refractivity contribution < 1.29 is 19.0 Å². The first kappa shape index (κ1) is 14.4. The third-order valence-electron chi connectivity index (χ3n) is 2.58. The number of nitrogens with zero attached hydrogens (tertiary/aromatic N) is 1. The first-order valence-corrected chi connectivity index (χ1v) is 5.52. The second-order valence-electron chi connectivity index (χ2n) is 3.88. The zero-order chi connectivity index (χ0) is 13.5. The van der Waals surface area contributed by atoms with E-state index < -0.39 is 6.09 Å². The van der Waals surface area contributed by atoms with E-state index >= 15 is 0 Å². The number of ether oxygens (including phenoxy) is 1. The average molecular weight is 256 g/mol. The Hall–Kier alpha value is -1.66. The van der Waals surface area contributed by atoms with Crippen LogP contribution in [0.2, 0.25) is 0 Å². The van der Waals surface area contributed by atoms with Crippen LogP contribution in [0.15, 0.2) is 24.3 Å². The molecule has 1 amide bonds. The van der Waals surface area contributed by atoms with Crippen LogP contribution in [-0.2, 0) is 11.3 Å². The molecule has 0 aliphatic heterocycles. The maximum Gasteiger partial charge on any atom is 0.407 e. The summed E-state index contributed by atoms with van der Waals surface area (Å²) < 4.78 is 17.8. The summed E-state index contributed by atoms with van der Waals surface area (Å²) in [7, 11) is 1.48. The van der Waals surface area contributed by atoms with E-state index in [2.05, 4.69) is 0 Å². The molecule has 1 aromatic rings. The first-order chi connectivity index (χ1) is 8.56. The van der Waals surface area contributed by atoms with Crippen LogP contribution in [0.4, 0.5) is 9.18 Å². The summed E-state index contributed by atoms with van der Waals surface area (Å²) in [5.74, 6) is -0.350. The van der Waals surface area contributed by atoms with Gasteiger partial charge in [-0.25, -0.2) is 9.18 Å². The van der Waals surface area contributed by atoms with Gasteiger partial charge in [0, 0.05) is 20.2 Å². The molecule has 1 unspecified atom stereocenters. The summed E-state index contributed by atoms with van der Waals surface area (Å²) in [5, 5.41) is 9.08. The van der Waals surface area contributed by atoms with E-state index in [1.807, 2.05) is 0 Å². The Kier molecular flexibility index (Phi) is 5.54. The molecular formula is C12H17FN2O3. The molecule has 1 aromatic carbocycles. The van der Waals surface area contributed by atoms with E-state index in [9.17, 15) is 9.18 Å². The van der Waals surface area contributed by atoms with E-state index in [1.54, 1.807) is 12.1 Å². The minimum atomic E-state index is -1.06. The Morgan fingerprint density at radius 2 is 2.11 bits per heavy atom. The number of carbonyl (C=O) groups is 1. The summed E-state index contributed by atoms with van der Waals surface area (Å²) >= 11 is 0. The normalized spacial score (nSPS) is 12.2. The van der Waals surface area contributed by atoms with E-state index in [4.69, 9.17) is 15.6 Å². The van der Waals surface area contributed by atoms with E-state index in [0.717, 1.165) is 0 Å². The van der Waals surface area contributed by atoms with Gasteiger partial charge in [-0.05, 0) is 17.7 Å². The van der Waals surface area contributed by atoms with E-state index in [-0.39, 0.29) is 31.6 Å². The van der Waals surface area contributed by atoms with E-state index in [0.29, 0.717) is 5.56 Å². The molecule has 0 saturated carbocycles. The molecule has 1 atom stereocenters. The van der Waals surface area contributed by atoms with Gasteiger partial charge in [0.1, 0.15) is 5.82 Å². The van der Waals surface area contributed by atoms with Crippen molar-refractivity contribution in [2.45, 2.75) is 12.6 Å². The van der Waals surface area contributed by atoms with Gasteiger partial charge in [-0.2, -0.15) is 0 Å². The molecule has 3 N–H and O–H groups in total. The van der Waals surface area contributed by atoms with Crippen LogP contribution in [0, 0.1) is 5.82 Å². The number of amides is 1. The first-order valence-electron chi connectivity index (χ1n) is 5.52. The van der Waals surface area contributed by atoms with Crippen LogP contribution >= 0.6 is 0 Å². The Balaban J connectivity index is 2.68. The smallest absolute Gasteiger partial charge is 0.407 e. The number of hydrogen-bond donors (Lipinski definition) is 2. The fraction of sp³-hybridized carbons (Fsp3) is 0.417. The summed E-state index contributed by atoms with van der Waals surface area (Å²) in [6.07, 6.45) is -1.41. The maximum atomic E-state index is 12.7. The Morgan fingerprint density at radius 3 is 2.56 bits per heavy atom. The third-order valence-corrected chi connectivity index (χ3v) is 2.58. The van der Waals surface area contributed by atoms with Crippen LogP contribution in [0.1, 0.15) is 5.56 Å². The predicted octanol–water partition coefficient (Wildman–Crippen LogP) is 1.28. The molecule has 18 heavy (non-hydrogen) atoms. The van der Waals surface area contributed by atoms with Gasteiger partial charge in [0.05, 0.1) is 12.6 Å². The average Bonchev–Trinajstić information content (AvgIpc) is 2.36. The van der Waals surface area contributed by atoms with Crippen molar-refractivity contribution in [1.29, 1.82) is 0 Å². The van der Waals surface area contributed by atoms with Crippen molar-refractivity contribution in [2.75, 3.05) is 20.2 Å². The monoisotopic (exact) mass is 256 g/mol. The molecule has 5 nitrogen and oxygen atoms in total. The molecule has 0 heterocycles. The standard InChI is InChI=1S/C12H17FN2O3/c1-18-11(6-14)8-15(12(16)17)7-9-2-4-10(13)5-3-9/h2-5,11H,6-8,14H2,1H3,(H,16,17). The minimum absolute atomic E-state index is 0.176. The second-order valence-corrected chi connectivity index (χ2v) is 3.88. The highest BCUT2D eigenvalue weighted by Gasteiger charge is 2.17. The second kappa shape index (κ2) is 6.93. The zero-order valence-electron chi connectivity index (χ0n) is 10.2. The van der Waals surface area contributed by atoms with Crippen LogP contribution in [0.25, 0.3) is 0 Å². The molecule has 0 aliphatic rings. The van der Waals surface area contributed by atoms with Crippen molar-refractivity contribution in [3.8, 4) is 0 Å². The molecule has 0 radical (unpaired) electrons. The number of hydrogen-bond acceptors (Lipinski definition) is 3. The van der Waals surface area contributed by atoms with Crippen molar-refractivity contribution >= 4 is 6.09 Å². The Bertz CT molecular complexity index is 379. The van der Waals surface area contributed by atoms with Crippen molar-refractivity contribution in [2.24, 2.45) is 5.73 Å². The molecule has 0 aromatic heterocycles. The highest BCUT2D eigenvalue weighted by atomic mass is 19.1. The summed E-state index contributed by atoms with van der Waals surface area (Å²) in [4.78, 5) is 12.3. The fourth-order valence-corrected chi connectivity index (χ4v) is 1.51. The van der Waals surface area contributed by atoms with Crippen LogP contribution < -0.4 is 5.73 Å². The van der Waals surface area contributed by atoms with Gasteiger partial charge >= 0.3 is 6.09 Å². The molecule has 0 spiro atoms. The minimum Gasteiger partial charge on any atom is -0.465 e. The largest absolute Gasteiger partial charge is 0.465 e. The number of halogens is 1. The molecular weight excluding hydrogens is 239 g/mol. The summed E-state index contributed by atoms with van der Waals surface area (Å²) in [6, 6.07) is 5.70. The molecule has 0 aliphatic carbocycles. The van der Waals surface area contributed by atoms with E-state index in [1.165, 1.54) is 24.1 Å².